The highest BCUT2D eigenvalue weighted by molar-refractivity contribution is 5.75. The molecular formula is C6H11N5O. The van der Waals surface area contributed by atoms with Gasteiger partial charge >= 0.3 is 0 Å². The van der Waals surface area contributed by atoms with Crippen molar-refractivity contribution >= 4 is 11.7 Å². The predicted octanol–water partition coefficient (Wildman–Crippen LogP) is -1.00. The number of hydrogen-bond donors (Lipinski definition) is 2. The van der Waals surface area contributed by atoms with E-state index >= 15 is 0 Å². The summed E-state index contributed by atoms with van der Waals surface area (Å²) in [7, 11) is 1.59. The molecule has 0 aliphatic carbocycles. The molecular weight excluding hydrogens is 158 g/mol. The van der Waals surface area contributed by atoms with Gasteiger partial charge in [0, 0.05) is 13.5 Å². The molecule has 0 radical (unpaired) electrons. The normalized spacial score (nSPS) is 9.75. The zero-order valence-corrected chi connectivity index (χ0v) is 6.82. The lowest BCUT2D eigenvalue weighted by molar-refractivity contribution is -0.120. The van der Waals surface area contributed by atoms with Crippen LogP contribution >= 0.6 is 0 Å². The standard InChI is InChI=1S/C6H11N5O/c1-8-6(12)2-3-11-9-4-5(7)10-11/h4H,2-3H2,1H3,(H2,7,10)(H,8,12). The minimum absolute atomic E-state index is 0.0362. The summed E-state index contributed by atoms with van der Waals surface area (Å²) >= 11 is 0. The molecule has 0 bridgehead atoms. The first-order valence-electron chi connectivity index (χ1n) is 3.58. The summed E-state index contributed by atoms with van der Waals surface area (Å²) in [5, 5.41) is 10.1. The van der Waals surface area contributed by atoms with E-state index in [-0.39, 0.29) is 5.91 Å². The van der Waals surface area contributed by atoms with Crippen molar-refractivity contribution in [1.82, 2.24) is 20.3 Å². The highest BCUT2D eigenvalue weighted by Gasteiger charge is 2.00. The second-order valence-corrected chi connectivity index (χ2v) is 2.29. The maximum absolute atomic E-state index is 10.8. The van der Waals surface area contributed by atoms with Crippen molar-refractivity contribution < 1.29 is 4.79 Å². The molecule has 0 aromatic carbocycles. The summed E-state index contributed by atoms with van der Waals surface area (Å²) in [4.78, 5) is 12.2. The average Bonchev–Trinajstić information content (AvgIpc) is 2.47. The second kappa shape index (κ2) is 3.70. The molecule has 6 heteroatoms. The minimum atomic E-state index is -0.0362. The van der Waals surface area contributed by atoms with Crippen molar-refractivity contribution in [2.75, 3.05) is 12.8 Å². The number of anilines is 1. The molecule has 1 amide bonds. The Balaban J connectivity index is 2.38. The van der Waals surface area contributed by atoms with E-state index in [2.05, 4.69) is 15.5 Å². The Labute approximate surface area is 69.7 Å². The third-order valence-electron chi connectivity index (χ3n) is 1.37. The molecule has 0 aliphatic rings. The lowest BCUT2D eigenvalue weighted by Crippen LogP contribution is -2.20. The maximum Gasteiger partial charge on any atom is 0.221 e. The van der Waals surface area contributed by atoms with E-state index in [1.165, 1.54) is 11.0 Å². The molecule has 0 fully saturated rings. The van der Waals surface area contributed by atoms with E-state index in [4.69, 9.17) is 5.73 Å². The lowest BCUT2D eigenvalue weighted by Gasteiger charge is -1.97. The summed E-state index contributed by atoms with van der Waals surface area (Å²) in [6, 6.07) is 0. The second-order valence-electron chi connectivity index (χ2n) is 2.29. The van der Waals surface area contributed by atoms with E-state index in [0.717, 1.165) is 0 Å². The van der Waals surface area contributed by atoms with Gasteiger partial charge in [-0.3, -0.25) is 4.79 Å². The fourth-order valence-electron chi connectivity index (χ4n) is 0.745. The Morgan fingerprint density at radius 1 is 1.83 bits per heavy atom. The van der Waals surface area contributed by atoms with Crippen LogP contribution in [0.5, 0.6) is 0 Å². The van der Waals surface area contributed by atoms with E-state index in [0.29, 0.717) is 18.8 Å². The lowest BCUT2D eigenvalue weighted by atomic mass is 10.4. The molecule has 0 aliphatic heterocycles. The number of amides is 1. The smallest absolute Gasteiger partial charge is 0.221 e. The van der Waals surface area contributed by atoms with Gasteiger partial charge in [0.2, 0.25) is 5.91 Å². The van der Waals surface area contributed by atoms with E-state index < -0.39 is 0 Å². The summed E-state index contributed by atoms with van der Waals surface area (Å²) in [5.74, 6) is 0.331. The van der Waals surface area contributed by atoms with Gasteiger partial charge in [-0.2, -0.15) is 9.90 Å². The fourth-order valence-corrected chi connectivity index (χ4v) is 0.745. The number of nitrogens with zero attached hydrogens (tertiary/aromatic N) is 3. The van der Waals surface area contributed by atoms with Crippen molar-refractivity contribution in [3.05, 3.63) is 6.20 Å². The number of carbonyl (C=O) groups is 1. The Kier molecular flexibility index (Phi) is 2.62. The molecule has 12 heavy (non-hydrogen) atoms. The van der Waals surface area contributed by atoms with Gasteiger partial charge in [0.1, 0.15) is 0 Å². The predicted molar refractivity (Wildman–Crippen MR) is 43.1 cm³/mol. The van der Waals surface area contributed by atoms with Crippen LogP contribution in [0, 0.1) is 0 Å². The van der Waals surface area contributed by atoms with Gasteiger partial charge in [-0.05, 0) is 0 Å². The first-order chi connectivity index (χ1) is 5.72. The van der Waals surface area contributed by atoms with Crippen LogP contribution in [0.25, 0.3) is 0 Å². The van der Waals surface area contributed by atoms with Crippen LogP contribution in [0.4, 0.5) is 5.82 Å². The number of aryl methyl sites for hydroxylation is 1. The van der Waals surface area contributed by atoms with Crippen LogP contribution in [0.1, 0.15) is 6.42 Å². The summed E-state index contributed by atoms with van der Waals surface area (Å²) in [5.41, 5.74) is 5.32. The number of carbonyl (C=O) groups excluding carboxylic acids is 1. The monoisotopic (exact) mass is 169 g/mol. The molecule has 0 saturated heterocycles. The molecule has 1 rings (SSSR count). The molecule has 0 unspecified atom stereocenters. The molecule has 0 spiro atoms. The van der Waals surface area contributed by atoms with Crippen LogP contribution in [-0.4, -0.2) is 27.9 Å². The molecule has 66 valence electrons. The SMILES string of the molecule is CNC(=O)CCn1ncc(N)n1. The highest BCUT2D eigenvalue weighted by atomic mass is 16.1. The first kappa shape index (κ1) is 8.51. The molecule has 0 saturated carbocycles. The number of nitrogen functional groups attached to an aromatic ring is 1. The van der Waals surface area contributed by atoms with Crippen molar-refractivity contribution in [3.8, 4) is 0 Å². The Morgan fingerprint density at radius 2 is 2.58 bits per heavy atom. The highest BCUT2D eigenvalue weighted by Crippen LogP contribution is 1.92. The van der Waals surface area contributed by atoms with Crippen LogP contribution in [0.15, 0.2) is 6.20 Å². The van der Waals surface area contributed by atoms with E-state index in [1.807, 2.05) is 0 Å². The van der Waals surface area contributed by atoms with Gasteiger partial charge in [0.25, 0.3) is 0 Å². The van der Waals surface area contributed by atoms with Crippen LogP contribution in [0.3, 0.4) is 0 Å². The molecule has 1 aromatic heterocycles. The van der Waals surface area contributed by atoms with E-state index in [9.17, 15) is 4.79 Å². The number of nitrogens with two attached hydrogens (primary N) is 1. The number of nitrogens with one attached hydrogen (secondary N) is 1. The van der Waals surface area contributed by atoms with Gasteiger partial charge in [-0.25, -0.2) is 0 Å². The zero-order valence-electron chi connectivity index (χ0n) is 6.82. The van der Waals surface area contributed by atoms with Gasteiger partial charge in [-0.15, -0.1) is 5.10 Å². The topological polar surface area (TPSA) is 85.8 Å². The Morgan fingerprint density at radius 3 is 3.08 bits per heavy atom. The molecule has 3 N–H and O–H groups in total. The van der Waals surface area contributed by atoms with Crippen LogP contribution < -0.4 is 11.1 Å². The van der Waals surface area contributed by atoms with Gasteiger partial charge in [0.05, 0.1) is 12.7 Å². The molecule has 6 nitrogen and oxygen atoms in total. The van der Waals surface area contributed by atoms with Crippen molar-refractivity contribution in [2.24, 2.45) is 0 Å². The van der Waals surface area contributed by atoms with Crippen LogP contribution in [-0.2, 0) is 11.3 Å². The van der Waals surface area contributed by atoms with Crippen molar-refractivity contribution in [3.63, 3.8) is 0 Å². The maximum atomic E-state index is 10.8. The third kappa shape index (κ3) is 2.22. The average molecular weight is 169 g/mol. The Hall–Kier alpha value is -1.59. The minimum Gasteiger partial charge on any atom is -0.381 e. The van der Waals surface area contributed by atoms with Crippen molar-refractivity contribution in [2.45, 2.75) is 13.0 Å². The number of rotatable bonds is 3. The summed E-state index contributed by atoms with van der Waals surface area (Å²) in [6.45, 7) is 0.455. The van der Waals surface area contributed by atoms with Crippen LogP contribution in [0.2, 0.25) is 0 Å². The first-order valence-corrected chi connectivity index (χ1v) is 3.58. The van der Waals surface area contributed by atoms with Crippen molar-refractivity contribution in [1.29, 1.82) is 0 Å². The third-order valence-corrected chi connectivity index (χ3v) is 1.37. The summed E-state index contributed by atoms with van der Waals surface area (Å²) in [6.07, 6.45) is 1.81. The van der Waals surface area contributed by atoms with Gasteiger partial charge < -0.3 is 11.1 Å². The van der Waals surface area contributed by atoms with Gasteiger partial charge in [0.15, 0.2) is 5.82 Å². The molecule has 1 aromatic rings. The Bertz CT molecular complexity index is 269. The zero-order chi connectivity index (χ0) is 8.97. The number of hydrogen-bond acceptors (Lipinski definition) is 4. The summed E-state index contributed by atoms with van der Waals surface area (Å²) < 4.78 is 0. The van der Waals surface area contributed by atoms with Gasteiger partial charge in [-0.1, -0.05) is 0 Å². The number of aromatic nitrogens is 3. The fraction of sp³-hybridized carbons (Fsp3) is 0.500. The molecule has 1 heterocycles. The quantitative estimate of drug-likeness (QED) is 0.607. The van der Waals surface area contributed by atoms with E-state index in [1.54, 1.807) is 7.05 Å². The largest absolute Gasteiger partial charge is 0.381 e. The molecule has 0 atom stereocenters.